The predicted octanol–water partition coefficient (Wildman–Crippen LogP) is 2.21. The van der Waals surface area contributed by atoms with Crippen LogP contribution in [0.5, 0.6) is 0 Å². The molecule has 0 spiro atoms. The average molecular weight is 491 g/mol. The Balaban J connectivity index is 1.47. The summed E-state index contributed by atoms with van der Waals surface area (Å²) in [5.74, 6) is -3.11. The molecule has 192 valence electrons. The number of carbonyl (C=O) groups excluding carboxylic acids is 6. The molecule has 0 saturated heterocycles. The van der Waals surface area contributed by atoms with E-state index in [1.54, 1.807) is 0 Å². The van der Waals surface area contributed by atoms with Crippen molar-refractivity contribution < 1.29 is 38.2 Å². The topological polar surface area (TPSA) is 127 Å². The van der Waals surface area contributed by atoms with Crippen LogP contribution < -0.4 is 0 Å². The first-order chi connectivity index (χ1) is 16.6. The Labute approximate surface area is 205 Å². The number of nitrogens with zero attached hydrogens (tertiary/aromatic N) is 2. The van der Waals surface area contributed by atoms with Gasteiger partial charge in [0.1, 0.15) is 12.1 Å². The van der Waals surface area contributed by atoms with Gasteiger partial charge in [-0.1, -0.05) is 32.1 Å². The van der Waals surface area contributed by atoms with Crippen LogP contribution in [0.2, 0.25) is 0 Å². The van der Waals surface area contributed by atoms with E-state index in [2.05, 4.69) is 0 Å². The smallest absolute Gasteiger partial charge is 0.329 e. The van der Waals surface area contributed by atoms with E-state index in [1.165, 1.54) is 39.8 Å². The summed E-state index contributed by atoms with van der Waals surface area (Å²) in [7, 11) is 0. The lowest BCUT2D eigenvalue weighted by atomic mass is 10.1. The van der Waals surface area contributed by atoms with Crippen LogP contribution in [0.4, 0.5) is 0 Å². The van der Waals surface area contributed by atoms with Gasteiger partial charge in [-0.25, -0.2) is 9.59 Å². The largest absolute Gasteiger partial charge is 0.464 e. The highest BCUT2D eigenvalue weighted by Gasteiger charge is 2.37. The van der Waals surface area contributed by atoms with Gasteiger partial charge in [-0.3, -0.25) is 29.0 Å². The summed E-state index contributed by atoms with van der Waals surface area (Å²) in [5.41, 5.74) is 0.620. The summed E-state index contributed by atoms with van der Waals surface area (Å²) in [6.45, 7) is 6.49. The molecule has 10 nitrogen and oxygen atoms in total. The van der Waals surface area contributed by atoms with Crippen molar-refractivity contribution in [1.82, 2.24) is 9.80 Å². The lowest BCUT2D eigenvalue weighted by Gasteiger charge is -2.21. The Bertz CT molecular complexity index is 862. The molecule has 0 fully saturated rings. The summed E-state index contributed by atoms with van der Waals surface area (Å²) in [4.78, 5) is 73.5. The van der Waals surface area contributed by atoms with Gasteiger partial charge in [-0.2, -0.15) is 0 Å². The lowest BCUT2D eigenvalue weighted by molar-refractivity contribution is -0.157. The lowest BCUT2D eigenvalue weighted by Crippen LogP contribution is -2.44. The molecule has 0 aromatic heterocycles. The Morgan fingerprint density at radius 1 is 0.657 bits per heavy atom. The zero-order valence-electron chi connectivity index (χ0n) is 20.8. The third kappa shape index (κ3) is 7.34. The molecule has 2 unspecified atom stereocenters. The van der Waals surface area contributed by atoms with E-state index in [0.29, 0.717) is 24.0 Å². The number of hydrogen-bond donors (Lipinski definition) is 0. The second-order valence-electron chi connectivity index (χ2n) is 8.84. The minimum atomic E-state index is -0.946. The van der Waals surface area contributed by atoms with E-state index in [4.69, 9.17) is 9.47 Å². The first-order valence-corrected chi connectivity index (χ1v) is 12.0. The van der Waals surface area contributed by atoms with E-state index in [0.717, 1.165) is 41.9 Å². The minimum absolute atomic E-state index is 0.233. The van der Waals surface area contributed by atoms with Crippen LogP contribution in [0, 0.1) is 0 Å². The van der Waals surface area contributed by atoms with Gasteiger partial charge in [0.15, 0.2) is 0 Å². The molecular formula is C25H34N2O8. The molecule has 0 aromatic rings. The van der Waals surface area contributed by atoms with Crippen LogP contribution in [0.1, 0.15) is 72.6 Å². The second-order valence-corrected chi connectivity index (χ2v) is 8.84. The Morgan fingerprint density at radius 2 is 0.971 bits per heavy atom. The van der Waals surface area contributed by atoms with Gasteiger partial charge < -0.3 is 9.47 Å². The third-order valence-electron chi connectivity index (χ3n) is 6.00. The Kier molecular flexibility index (Phi) is 10.4. The number of rotatable bonds is 14. The summed E-state index contributed by atoms with van der Waals surface area (Å²) in [6.07, 6.45) is 8.47. The first-order valence-electron chi connectivity index (χ1n) is 12.0. The van der Waals surface area contributed by atoms with Crippen LogP contribution >= 0.6 is 0 Å². The molecule has 2 rings (SSSR count). The molecule has 2 aliphatic rings. The van der Waals surface area contributed by atoms with Crippen molar-refractivity contribution in [2.75, 3.05) is 13.2 Å². The average Bonchev–Trinajstić information content (AvgIpc) is 3.22. The zero-order valence-corrected chi connectivity index (χ0v) is 20.8. The maximum Gasteiger partial charge on any atom is 0.329 e. The fourth-order valence-corrected chi connectivity index (χ4v) is 3.83. The molecule has 0 aliphatic carbocycles. The summed E-state index contributed by atoms with van der Waals surface area (Å²) in [5, 5.41) is 0. The van der Waals surface area contributed by atoms with Gasteiger partial charge >= 0.3 is 11.9 Å². The first kappa shape index (κ1) is 27.9. The van der Waals surface area contributed by atoms with Crippen LogP contribution in [0.25, 0.3) is 0 Å². The number of ether oxygens (including phenoxy) is 2. The van der Waals surface area contributed by atoms with Crippen molar-refractivity contribution in [2.24, 2.45) is 0 Å². The van der Waals surface area contributed by atoms with Gasteiger partial charge in [-0.05, 0) is 40.5 Å². The van der Waals surface area contributed by atoms with Crippen molar-refractivity contribution in [3.63, 3.8) is 0 Å². The van der Waals surface area contributed by atoms with Gasteiger partial charge in [0.2, 0.25) is 0 Å². The highest BCUT2D eigenvalue weighted by Crippen LogP contribution is 2.17. The van der Waals surface area contributed by atoms with Gasteiger partial charge in [-0.15, -0.1) is 0 Å². The van der Waals surface area contributed by atoms with Crippen molar-refractivity contribution in [1.29, 1.82) is 0 Å². The molecule has 35 heavy (non-hydrogen) atoms. The van der Waals surface area contributed by atoms with Crippen LogP contribution in [-0.2, 0) is 38.2 Å². The number of unbranched alkanes of at least 4 members (excludes halogenated alkanes) is 6. The summed E-state index contributed by atoms with van der Waals surface area (Å²) in [6, 6.07) is -1.89. The SMILES string of the molecule is CC1=CC(=O)N(C(C)C(=O)OCCCCCCCCCOC(=O)C(C)N2C(=O)C=C(C)C2=O)C1=O. The molecule has 0 saturated carbocycles. The molecule has 0 N–H and O–H groups in total. The van der Waals surface area contributed by atoms with Crippen molar-refractivity contribution in [3.8, 4) is 0 Å². The fraction of sp³-hybridized carbons (Fsp3) is 0.600. The van der Waals surface area contributed by atoms with E-state index in [-0.39, 0.29) is 13.2 Å². The highest BCUT2D eigenvalue weighted by molar-refractivity contribution is 6.18. The van der Waals surface area contributed by atoms with Crippen LogP contribution in [-0.4, -0.2) is 70.7 Å². The van der Waals surface area contributed by atoms with Crippen molar-refractivity contribution >= 4 is 35.6 Å². The zero-order chi connectivity index (χ0) is 26.1. The molecule has 0 radical (unpaired) electrons. The maximum atomic E-state index is 12.1. The standard InChI is InChI=1S/C25H34N2O8/c1-16-14-20(28)26(22(16)30)18(3)24(32)34-12-10-8-6-5-7-9-11-13-35-25(33)19(4)27-21(29)15-17(2)23(27)31/h14-15,18-19H,5-13H2,1-4H3. The second kappa shape index (κ2) is 13.0. The summed E-state index contributed by atoms with van der Waals surface area (Å²) >= 11 is 0. The molecule has 2 atom stereocenters. The minimum Gasteiger partial charge on any atom is -0.464 e. The van der Waals surface area contributed by atoms with Crippen LogP contribution in [0.3, 0.4) is 0 Å². The Hall–Kier alpha value is -3.30. The monoisotopic (exact) mass is 490 g/mol. The molecule has 2 heterocycles. The van der Waals surface area contributed by atoms with Crippen molar-refractivity contribution in [2.45, 2.75) is 84.7 Å². The quantitative estimate of drug-likeness (QED) is 0.206. The molecule has 10 heteroatoms. The van der Waals surface area contributed by atoms with Gasteiger partial charge in [0.25, 0.3) is 23.6 Å². The maximum absolute atomic E-state index is 12.1. The fourth-order valence-electron chi connectivity index (χ4n) is 3.83. The predicted molar refractivity (Wildman–Crippen MR) is 124 cm³/mol. The number of hydrogen-bond acceptors (Lipinski definition) is 8. The van der Waals surface area contributed by atoms with Gasteiger partial charge in [0.05, 0.1) is 13.2 Å². The van der Waals surface area contributed by atoms with E-state index in [1.807, 2.05) is 0 Å². The molecule has 0 bridgehead atoms. The van der Waals surface area contributed by atoms with E-state index >= 15 is 0 Å². The van der Waals surface area contributed by atoms with Crippen LogP contribution in [0.15, 0.2) is 23.3 Å². The van der Waals surface area contributed by atoms with E-state index in [9.17, 15) is 28.8 Å². The molecule has 4 amide bonds. The number of esters is 2. The molecular weight excluding hydrogens is 456 g/mol. The normalized spacial score (nSPS) is 17.5. The summed E-state index contributed by atoms with van der Waals surface area (Å²) < 4.78 is 10.4. The Morgan fingerprint density at radius 3 is 1.26 bits per heavy atom. The molecule has 2 aliphatic heterocycles. The number of amides is 4. The number of imide groups is 2. The van der Waals surface area contributed by atoms with Gasteiger partial charge in [0, 0.05) is 23.3 Å². The van der Waals surface area contributed by atoms with E-state index < -0.39 is 47.7 Å². The number of carbonyl (C=O) groups is 6. The highest BCUT2D eigenvalue weighted by atomic mass is 16.5. The third-order valence-corrected chi connectivity index (χ3v) is 6.00. The van der Waals surface area contributed by atoms with Crippen molar-refractivity contribution in [3.05, 3.63) is 23.3 Å². The molecule has 0 aromatic carbocycles.